The number of rotatable bonds is 8. The molecule has 1 aliphatic rings. The minimum absolute atomic E-state index is 0.129. The van der Waals surface area contributed by atoms with Gasteiger partial charge in [0.25, 0.3) is 5.19 Å². The summed E-state index contributed by atoms with van der Waals surface area (Å²) in [5.41, 5.74) is 5.75. The molecule has 5 nitrogen and oxygen atoms in total. The van der Waals surface area contributed by atoms with E-state index in [1.165, 1.54) is 5.56 Å². The number of aromatic nitrogens is 2. The molecule has 33 heavy (non-hydrogen) atoms. The summed E-state index contributed by atoms with van der Waals surface area (Å²) in [6, 6.07) is 14.1. The fraction of sp³-hybridized carbons (Fsp3) is 0.346. The van der Waals surface area contributed by atoms with Gasteiger partial charge in [0.15, 0.2) is 0 Å². The van der Waals surface area contributed by atoms with Crippen LogP contribution in [0.25, 0.3) is 22.2 Å². The number of alkyl halides is 1. The Kier molecular flexibility index (Phi) is 6.08. The maximum absolute atomic E-state index is 12.3. The molecule has 0 atom stereocenters. The molecule has 1 N–H and O–H groups in total. The fourth-order valence-electron chi connectivity index (χ4n) is 4.54. The van der Waals surface area contributed by atoms with E-state index < -0.39 is 0 Å². The van der Waals surface area contributed by atoms with Crippen molar-refractivity contribution in [2.45, 2.75) is 32.9 Å². The van der Waals surface area contributed by atoms with Gasteiger partial charge < -0.3 is 14.4 Å². The second kappa shape index (κ2) is 9.15. The first kappa shape index (κ1) is 21.9. The van der Waals surface area contributed by atoms with Crippen LogP contribution < -0.4 is 4.74 Å². The number of benzene rings is 2. The van der Waals surface area contributed by atoms with E-state index in [0.29, 0.717) is 18.2 Å². The van der Waals surface area contributed by atoms with Crippen LogP contribution in [-0.2, 0) is 6.54 Å². The largest absolute Gasteiger partial charge is 0.508 e. The van der Waals surface area contributed by atoms with Crippen LogP contribution in [0.5, 0.6) is 10.9 Å². The number of phenolic OH excluding ortho intramolecular Hbond substituents is 1. The molecule has 1 fully saturated rings. The first-order valence-electron chi connectivity index (χ1n) is 11.3. The van der Waals surface area contributed by atoms with Crippen LogP contribution in [-0.4, -0.2) is 52.0 Å². The number of ether oxygens (including phenoxy) is 1. The topological polar surface area (TPSA) is 50.5 Å². The number of fused-ring (bicyclic) bond motifs is 1. The molecule has 0 spiro atoms. The third-order valence-corrected chi connectivity index (χ3v) is 7.14. The number of aromatic hydroxyl groups is 1. The molecular weight excluding hydrogens is 437 g/mol. The molecule has 0 saturated carbocycles. The number of phenols is 1. The highest BCUT2D eigenvalue weighted by atomic mass is 32.1. The highest BCUT2D eigenvalue weighted by Crippen LogP contribution is 2.36. The van der Waals surface area contributed by atoms with Crippen LogP contribution in [0, 0.1) is 13.8 Å². The van der Waals surface area contributed by atoms with Gasteiger partial charge in [0, 0.05) is 41.6 Å². The molecule has 0 amide bonds. The van der Waals surface area contributed by atoms with Gasteiger partial charge in [-0.05, 0) is 49.6 Å². The van der Waals surface area contributed by atoms with Gasteiger partial charge in [-0.1, -0.05) is 41.2 Å². The Hall–Kier alpha value is -2.90. The zero-order valence-corrected chi connectivity index (χ0v) is 19.7. The molecule has 1 aliphatic heterocycles. The van der Waals surface area contributed by atoms with Crippen LogP contribution in [0.2, 0.25) is 0 Å². The van der Waals surface area contributed by atoms with Gasteiger partial charge in [0.2, 0.25) is 0 Å². The summed E-state index contributed by atoms with van der Waals surface area (Å²) in [6.45, 7) is 7.05. The summed E-state index contributed by atoms with van der Waals surface area (Å²) in [5.74, 6) is 0.271. The maximum atomic E-state index is 12.3. The smallest absolute Gasteiger partial charge is 0.273 e. The van der Waals surface area contributed by atoms with Gasteiger partial charge in [-0.3, -0.25) is 9.29 Å². The highest BCUT2D eigenvalue weighted by molar-refractivity contribution is 7.13. The number of aryl methyl sites for hydroxylation is 2. The van der Waals surface area contributed by atoms with E-state index in [2.05, 4.69) is 52.6 Å². The Morgan fingerprint density at radius 3 is 2.70 bits per heavy atom. The van der Waals surface area contributed by atoms with Gasteiger partial charge in [-0.25, -0.2) is 4.98 Å². The summed E-state index contributed by atoms with van der Waals surface area (Å²) < 4.78 is 20.7. The molecule has 3 heterocycles. The number of hydrogen-bond acceptors (Lipinski definition) is 5. The number of halogens is 1. The molecule has 2 aromatic carbocycles. The van der Waals surface area contributed by atoms with Crippen molar-refractivity contribution in [3.63, 3.8) is 0 Å². The fourth-order valence-corrected chi connectivity index (χ4v) is 5.35. The Bertz CT molecular complexity index is 1260. The van der Waals surface area contributed by atoms with Crippen molar-refractivity contribution in [2.75, 3.05) is 26.3 Å². The number of thiazole rings is 1. The predicted octanol–water partition coefficient (Wildman–Crippen LogP) is 5.56. The molecular formula is C26H28FN3O2S. The van der Waals surface area contributed by atoms with Crippen molar-refractivity contribution >= 4 is 22.2 Å². The van der Waals surface area contributed by atoms with Crippen LogP contribution in [0.4, 0.5) is 4.39 Å². The lowest BCUT2D eigenvalue weighted by atomic mass is 10.0. The second-order valence-electron chi connectivity index (χ2n) is 8.76. The molecule has 172 valence electrons. The minimum Gasteiger partial charge on any atom is -0.508 e. The normalized spacial score (nSPS) is 14.6. The van der Waals surface area contributed by atoms with Gasteiger partial charge in [-0.2, -0.15) is 0 Å². The summed E-state index contributed by atoms with van der Waals surface area (Å²) in [6.07, 6.45) is 2.60. The molecule has 0 unspecified atom stereocenters. The summed E-state index contributed by atoms with van der Waals surface area (Å²) in [7, 11) is 0. The Morgan fingerprint density at radius 1 is 1.15 bits per heavy atom. The average Bonchev–Trinajstić information content (AvgIpc) is 3.33. The van der Waals surface area contributed by atoms with Crippen molar-refractivity contribution in [3.05, 3.63) is 64.7 Å². The summed E-state index contributed by atoms with van der Waals surface area (Å²) >= 11 is 1.57. The predicted molar refractivity (Wildman–Crippen MR) is 131 cm³/mol. The molecule has 0 radical (unpaired) electrons. The van der Waals surface area contributed by atoms with Crippen molar-refractivity contribution in [1.29, 1.82) is 0 Å². The summed E-state index contributed by atoms with van der Waals surface area (Å²) in [4.78, 5) is 7.81. The van der Waals surface area contributed by atoms with Crippen LogP contribution >= 0.6 is 11.3 Å². The number of nitrogens with zero attached hydrogens (tertiary/aromatic N) is 3. The maximum Gasteiger partial charge on any atom is 0.273 e. The molecule has 0 bridgehead atoms. The standard InChI is InChI=1S/C26H28FN3O2S/c1-17-4-6-19(7-5-17)25-18(2)23-12-20(31)8-9-24(23)30(25)16-22-13-28-26(33-22)32-21-14-29(15-21)11-3-10-27/h4-9,12-13,21,31H,3,10-11,14-16H2,1-2H3. The number of hydrogen-bond donors (Lipinski definition) is 1. The van der Waals surface area contributed by atoms with E-state index in [1.54, 1.807) is 17.4 Å². The first-order chi connectivity index (χ1) is 16.0. The van der Waals surface area contributed by atoms with Crippen LogP contribution in [0.15, 0.2) is 48.7 Å². The van der Waals surface area contributed by atoms with Crippen molar-refractivity contribution < 1.29 is 14.2 Å². The van der Waals surface area contributed by atoms with Gasteiger partial charge >= 0.3 is 0 Å². The Balaban J connectivity index is 1.40. The lowest BCUT2D eigenvalue weighted by molar-refractivity contribution is 0.0183. The van der Waals surface area contributed by atoms with Crippen molar-refractivity contribution in [3.8, 4) is 22.2 Å². The average molecular weight is 466 g/mol. The van der Waals surface area contributed by atoms with E-state index in [4.69, 9.17) is 4.74 Å². The third-order valence-electron chi connectivity index (χ3n) is 6.27. The van der Waals surface area contributed by atoms with Gasteiger partial charge in [-0.15, -0.1) is 0 Å². The molecule has 5 rings (SSSR count). The first-order valence-corrected chi connectivity index (χ1v) is 12.1. The summed E-state index contributed by atoms with van der Waals surface area (Å²) in [5, 5.41) is 11.8. The van der Waals surface area contributed by atoms with Crippen molar-refractivity contribution in [1.82, 2.24) is 14.5 Å². The van der Waals surface area contributed by atoms with Crippen molar-refractivity contribution in [2.24, 2.45) is 0 Å². The minimum atomic E-state index is -0.268. The second-order valence-corrected chi connectivity index (χ2v) is 9.84. The lowest BCUT2D eigenvalue weighted by Crippen LogP contribution is -2.53. The SMILES string of the molecule is Cc1ccc(-c2c(C)c3cc(O)ccc3n2Cc2cnc(OC3CN(CCCF)C3)s2)cc1. The van der Waals surface area contributed by atoms with Crippen LogP contribution in [0.3, 0.4) is 0 Å². The monoisotopic (exact) mass is 465 g/mol. The molecule has 0 aliphatic carbocycles. The molecule has 4 aromatic rings. The zero-order chi connectivity index (χ0) is 22.9. The quantitative estimate of drug-likeness (QED) is 0.370. The van der Waals surface area contributed by atoms with Gasteiger partial charge in [0.1, 0.15) is 11.9 Å². The van der Waals surface area contributed by atoms with E-state index in [1.807, 2.05) is 18.3 Å². The van der Waals surface area contributed by atoms with E-state index in [9.17, 15) is 9.50 Å². The molecule has 2 aromatic heterocycles. The van der Waals surface area contributed by atoms with Gasteiger partial charge in [0.05, 0.1) is 18.9 Å². The van der Waals surface area contributed by atoms with E-state index in [-0.39, 0.29) is 18.5 Å². The zero-order valence-electron chi connectivity index (χ0n) is 18.9. The van der Waals surface area contributed by atoms with E-state index >= 15 is 0 Å². The van der Waals surface area contributed by atoms with E-state index in [0.717, 1.165) is 52.2 Å². The molecule has 7 heteroatoms. The lowest BCUT2D eigenvalue weighted by Gasteiger charge is -2.38. The Morgan fingerprint density at radius 2 is 1.94 bits per heavy atom. The Labute approximate surface area is 197 Å². The third kappa shape index (κ3) is 4.48. The van der Waals surface area contributed by atoms with Crippen LogP contribution in [0.1, 0.15) is 22.4 Å². The highest BCUT2D eigenvalue weighted by Gasteiger charge is 2.28. The molecule has 1 saturated heterocycles. The number of likely N-dealkylation sites (tertiary alicyclic amines) is 1.